The summed E-state index contributed by atoms with van der Waals surface area (Å²) in [7, 11) is 0. The molecule has 1 aromatic carbocycles. The number of hydrogen-bond acceptors (Lipinski definition) is 5. The summed E-state index contributed by atoms with van der Waals surface area (Å²) in [6, 6.07) is 5.38. The van der Waals surface area contributed by atoms with Gasteiger partial charge in [0, 0.05) is 18.7 Å². The first-order valence-electron chi connectivity index (χ1n) is 7.43. The molecule has 1 saturated carbocycles. The van der Waals surface area contributed by atoms with Crippen molar-refractivity contribution in [2.75, 3.05) is 18.5 Å². The summed E-state index contributed by atoms with van der Waals surface area (Å²) in [4.78, 5) is 10.6. The summed E-state index contributed by atoms with van der Waals surface area (Å²) in [6.07, 6.45) is 4.32. The Hall–Kier alpha value is -1.66. The normalized spacial score (nSPS) is 22.0. The van der Waals surface area contributed by atoms with Crippen molar-refractivity contribution in [2.24, 2.45) is 5.73 Å². The minimum absolute atomic E-state index is 0.110. The maximum atomic E-state index is 11.0. The molecule has 116 valence electrons. The van der Waals surface area contributed by atoms with Crippen molar-refractivity contribution in [1.82, 2.24) is 0 Å². The molecule has 0 heterocycles. The highest BCUT2D eigenvalue weighted by Crippen LogP contribution is 2.27. The van der Waals surface area contributed by atoms with Gasteiger partial charge < -0.3 is 15.8 Å². The van der Waals surface area contributed by atoms with Crippen molar-refractivity contribution in [3.63, 3.8) is 0 Å². The number of rotatable bonds is 6. The molecule has 0 aliphatic heterocycles. The minimum Gasteiger partial charge on any atom is -0.377 e. The number of nitrogens with two attached hydrogens (primary N) is 1. The van der Waals surface area contributed by atoms with Gasteiger partial charge in [0.2, 0.25) is 0 Å². The standard InChI is InChI=1S/C15H23N3O3/c1-11-3-2-4-14(18(19)20)15(11)17-9-10-21-13-7-5-12(16)6-8-13/h2-4,12-13,17H,5-10,16H2,1H3. The van der Waals surface area contributed by atoms with Crippen LogP contribution in [0.3, 0.4) is 0 Å². The number of nitrogens with one attached hydrogen (secondary N) is 1. The van der Waals surface area contributed by atoms with Crippen LogP contribution >= 0.6 is 0 Å². The highest BCUT2D eigenvalue weighted by molar-refractivity contribution is 5.65. The summed E-state index contributed by atoms with van der Waals surface area (Å²) in [6.45, 7) is 2.97. The first-order valence-corrected chi connectivity index (χ1v) is 7.43. The van der Waals surface area contributed by atoms with Gasteiger partial charge in [0.1, 0.15) is 5.69 Å². The molecule has 6 heteroatoms. The molecule has 0 saturated heterocycles. The van der Waals surface area contributed by atoms with Gasteiger partial charge in [-0.3, -0.25) is 10.1 Å². The molecule has 0 bridgehead atoms. The summed E-state index contributed by atoms with van der Waals surface area (Å²) >= 11 is 0. The number of hydrogen-bond donors (Lipinski definition) is 2. The lowest BCUT2D eigenvalue weighted by molar-refractivity contribution is -0.384. The average molecular weight is 293 g/mol. The van der Waals surface area contributed by atoms with E-state index in [9.17, 15) is 10.1 Å². The highest BCUT2D eigenvalue weighted by atomic mass is 16.6. The Kier molecular flexibility index (Phi) is 5.52. The average Bonchev–Trinajstić information content (AvgIpc) is 2.46. The highest BCUT2D eigenvalue weighted by Gasteiger charge is 2.19. The van der Waals surface area contributed by atoms with Crippen molar-refractivity contribution >= 4 is 11.4 Å². The predicted molar refractivity (Wildman–Crippen MR) is 82.5 cm³/mol. The fourth-order valence-electron chi connectivity index (χ4n) is 2.69. The third-order valence-electron chi connectivity index (χ3n) is 3.92. The van der Waals surface area contributed by atoms with Crippen LogP contribution in [0.25, 0.3) is 0 Å². The zero-order chi connectivity index (χ0) is 15.2. The molecule has 6 nitrogen and oxygen atoms in total. The number of benzene rings is 1. The lowest BCUT2D eigenvalue weighted by Gasteiger charge is -2.26. The molecular weight excluding hydrogens is 270 g/mol. The minimum atomic E-state index is -0.362. The van der Waals surface area contributed by atoms with Gasteiger partial charge in [-0.1, -0.05) is 12.1 Å². The number of nitro groups is 1. The third-order valence-corrected chi connectivity index (χ3v) is 3.92. The van der Waals surface area contributed by atoms with E-state index in [4.69, 9.17) is 10.5 Å². The summed E-state index contributed by atoms with van der Waals surface area (Å²) in [5.74, 6) is 0. The summed E-state index contributed by atoms with van der Waals surface area (Å²) in [5, 5.41) is 14.1. The van der Waals surface area contributed by atoms with E-state index >= 15 is 0 Å². The fourth-order valence-corrected chi connectivity index (χ4v) is 2.69. The Labute approximate surface area is 124 Å². The molecule has 21 heavy (non-hydrogen) atoms. The van der Waals surface area contributed by atoms with Gasteiger partial charge in [0.25, 0.3) is 5.69 Å². The van der Waals surface area contributed by atoms with Crippen LogP contribution < -0.4 is 11.1 Å². The van der Waals surface area contributed by atoms with E-state index in [0.29, 0.717) is 24.9 Å². The zero-order valence-corrected chi connectivity index (χ0v) is 12.4. The molecule has 0 atom stereocenters. The predicted octanol–water partition coefficient (Wildman–Crippen LogP) is 2.60. The molecule has 1 fully saturated rings. The van der Waals surface area contributed by atoms with E-state index in [1.165, 1.54) is 6.07 Å². The van der Waals surface area contributed by atoms with Crippen LogP contribution in [0.2, 0.25) is 0 Å². The summed E-state index contributed by atoms with van der Waals surface area (Å²) in [5.41, 5.74) is 7.42. The second-order valence-electron chi connectivity index (χ2n) is 5.56. The molecule has 0 aromatic heterocycles. The zero-order valence-electron chi connectivity index (χ0n) is 12.4. The molecule has 3 N–H and O–H groups in total. The molecule has 1 aliphatic rings. The molecule has 1 aromatic rings. The number of nitrogens with zero attached hydrogens (tertiary/aromatic N) is 1. The van der Waals surface area contributed by atoms with Gasteiger partial charge in [-0.15, -0.1) is 0 Å². The lowest BCUT2D eigenvalue weighted by Crippen LogP contribution is -2.31. The maximum absolute atomic E-state index is 11.0. The number of ether oxygens (including phenoxy) is 1. The van der Waals surface area contributed by atoms with Gasteiger partial charge in [-0.25, -0.2) is 0 Å². The number of para-hydroxylation sites is 1. The van der Waals surface area contributed by atoms with Crippen LogP contribution in [0.15, 0.2) is 18.2 Å². The Morgan fingerprint density at radius 1 is 1.38 bits per heavy atom. The van der Waals surface area contributed by atoms with E-state index in [1.807, 2.05) is 13.0 Å². The van der Waals surface area contributed by atoms with Crippen molar-refractivity contribution in [3.8, 4) is 0 Å². The van der Waals surface area contributed by atoms with Crippen molar-refractivity contribution in [1.29, 1.82) is 0 Å². The number of aryl methyl sites for hydroxylation is 1. The Morgan fingerprint density at radius 3 is 2.76 bits per heavy atom. The van der Waals surface area contributed by atoms with E-state index in [1.54, 1.807) is 6.07 Å². The van der Waals surface area contributed by atoms with Crippen LogP contribution in [0.1, 0.15) is 31.2 Å². The van der Waals surface area contributed by atoms with Crippen LogP contribution in [0, 0.1) is 17.0 Å². The molecule has 0 amide bonds. The van der Waals surface area contributed by atoms with E-state index < -0.39 is 0 Å². The lowest BCUT2D eigenvalue weighted by atomic mass is 9.94. The van der Waals surface area contributed by atoms with Gasteiger partial charge in [-0.05, 0) is 38.2 Å². The second-order valence-corrected chi connectivity index (χ2v) is 5.56. The van der Waals surface area contributed by atoms with Gasteiger partial charge in [0.05, 0.1) is 17.6 Å². The molecule has 0 unspecified atom stereocenters. The Balaban J connectivity index is 1.80. The monoisotopic (exact) mass is 293 g/mol. The first-order chi connectivity index (χ1) is 10.1. The largest absolute Gasteiger partial charge is 0.377 e. The van der Waals surface area contributed by atoms with Crippen LogP contribution in [0.5, 0.6) is 0 Å². The maximum Gasteiger partial charge on any atom is 0.292 e. The fraction of sp³-hybridized carbons (Fsp3) is 0.600. The molecule has 1 aliphatic carbocycles. The van der Waals surface area contributed by atoms with E-state index in [0.717, 1.165) is 31.2 Å². The number of nitro benzene ring substituents is 1. The van der Waals surface area contributed by atoms with Crippen molar-refractivity contribution < 1.29 is 9.66 Å². The molecule has 0 spiro atoms. The first kappa shape index (κ1) is 15.7. The van der Waals surface area contributed by atoms with Crippen LogP contribution in [-0.2, 0) is 4.74 Å². The smallest absolute Gasteiger partial charge is 0.292 e. The number of anilines is 1. The molecular formula is C15H23N3O3. The third kappa shape index (κ3) is 4.41. The van der Waals surface area contributed by atoms with E-state index in [2.05, 4.69) is 5.32 Å². The van der Waals surface area contributed by atoms with Crippen LogP contribution in [-0.4, -0.2) is 30.2 Å². The van der Waals surface area contributed by atoms with Crippen molar-refractivity contribution in [2.45, 2.75) is 44.8 Å². The van der Waals surface area contributed by atoms with Gasteiger partial charge >= 0.3 is 0 Å². The summed E-state index contributed by atoms with van der Waals surface area (Å²) < 4.78 is 5.81. The van der Waals surface area contributed by atoms with Gasteiger partial charge in [-0.2, -0.15) is 0 Å². The van der Waals surface area contributed by atoms with Gasteiger partial charge in [0.15, 0.2) is 0 Å². The molecule has 0 radical (unpaired) electrons. The topological polar surface area (TPSA) is 90.4 Å². The second kappa shape index (κ2) is 7.38. The van der Waals surface area contributed by atoms with E-state index in [-0.39, 0.29) is 16.7 Å². The SMILES string of the molecule is Cc1cccc([N+](=O)[O-])c1NCCOC1CCC(N)CC1. The Morgan fingerprint density at radius 2 is 2.10 bits per heavy atom. The molecule has 2 rings (SSSR count). The van der Waals surface area contributed by atoms with Crippen molar-refractivity contribution in [3.05, 3.63) is 33.9 Å². The quantitative estimate of drug-likeness (QED) is 0.478. The van der Waals surface area contributed by atoms with Crippen LogP contribution in [0.4, 0.5) is 11.4 Å². The Bertz CT molecular complexity index is 485.